The maximum absolute atomic E-state index is 11.4. The maximum Gasteiger partial charge on any atom is 0.224 e. The molecule has 20 heavy (non-hydrogen) atoms. The van der Waals surface area contributed by atoms with Gasteiger partial charge in [0, 0.05) is 18.2 Å². The van der Waals surface area contributed by atoms with Gasteiger partial charge >= 0.3 is 0 Å². The lowest BCUT2D eigenvalue weighted by molar-refractivity contribution is -0.116. The Labute approximate surface area is 120 Å². The molecule has 3 rings (SSSR count). The van der Waals surface area contributed by atoms with Crippen molar-refractivity contribution in [3.05, 3.63) is 17.7 Å². The number of nitrogen functional groups attached to an aromatic ring is 1. The van der Waals surface area contributed by atoms with Crippen LogP contribution >= 0.6 is 0 Å². The van der Waals surface area contributed by atoms with Crippen molar-refractivity contribution in [2.45, 2.75) is 52.0 Å². The number of hydrogen-bond donors (Lipinski definition) is 3. The molecule has 2 aliphatic rings. The summed E-state index contributed by atoms with van der Waals surface area (Å²) in [6, 6.07) is 4.49. The predicted molar refractivity (Wildman–Crippen MR) is 82.8 cm³/mol. The summed E-state index contributed by atoms with van der Waals surface area (Å²) in [5.74, 6) is 0.0788. The molecular formula is C16H23N3O. The highest BCUT2D eigenvalue weighted by atomic mass is 16.1. The van der Waals surface area contributed by atoms with Gasteiger partial charge in [-0.1, -0.05) is 13.8 Å². The summed E-state index contributed by atoms with van der Waals surface area (Å²) in [5, 5.41) is 6.48. The molecule has 0 aromatic heterocycles. The van der Waals surface area contributed by atoms with E-state index in [9.17, 15) is 4.79 Å². The van der Waals surface area contributed by atoms with Crippen LogP contribution in [0.5, 0.6) is 0 Å². The highest BCUT2D eigenvalue weighted by Gasteiger charge is 2.31. The summed E-state index contributed by atoms with van der Waals surface area (Å²) in [5.41, 5.74) is 10.3. The van der Waals surface area contributed by atoms with Crippen LogP contribution in [0.1, 0.15) is 45.1 Å². The van der Waals surface area contributed by atoms with Crippen LogP contribution in [-0.2, 0) is 11.2 Å². The van der Waals surface area contributed by atoms with Crippen LogP contribution in [0.4, 0.5) is 17.1 Å². The topological polar surface area (TPSA) is 67.2 Å². The first-order valence-electron chi connectivity index (χ1n) is 7.42. The molecule has 0 bridgehead atoms. The van der Waals surface area contributed by atoms with Crippen LogP contribution in [0, 0.1) is 5.41 Å². The largest absolute Gasteiger partial charge is 0.397 e. The lowest BCUT2D eigenvalue weighted by atomic mass is 9.92. The molecule has 1 aromatic rings. The normalized spacial score (nSPS) is 24.1. The van der Waals surface area contributed by atoms with Crippen LogP contribution < -0.4 is 16.4 Å². The van der Waals surface area contributed by atoms with E-state index in [-0.39, 0.29) is 5.91 Å². The zero-order chi connectivity index (χ0) is 14.3. The van der Waals surface area contributed by atoms with Gasteiger partial charge in [-0.25, -0.2) is 0 Å². The first-order valence-corrected chi connectivity index (χ1v) is 7.42. The third-order valence-corrected chi connectivity index (χ3v) is 4.50. The van der Waals surface area contributed by atoms with Crippen molar-refractivity contribution in [2.75, 3.05) is 16.4 Å². The number of fused-ring (bicyclic) bond motifs is 1. The van der Waals surface area contributed by atoms with Crippen molar-refractivity contribution in [1.82, 2.24) is 0 Å². The van der Waals surface area contributed by atoms with E-state index in [1.807, 2.05) is 6.07 Å². The van der Waals surface area contributed by atoms with Crippen LogP contribution in [0.25, 0.3) is 0 Å². The fourth-order valence-corrected chi connectivity index (χ4v) is 3.35. The van der Waals surface area contributed by atoms with Crippen molar-refractivity contribution in [1.29, 1.82) is 0 Å². The highest BCUT2D eigenvalue weighted by molar-refractivity contribution is 5.95. The molecule has 1 amide bonds. The summed E-state index contributed by atoms with van der Waals surface area (Å²) in [6.45, 7) is 4.64. The number of nitrogens with two attached hydrogens (primary N) is 1. The number of carbonyl (C=O) groups is 1. The van der Waals surface area contributed by atoms with E-state index >= 15 is 0 Å². The van der Waals surface area contributed by atoms with Gasteiger partial charge in [0.1, 0.15) is 0 Å². The number of aryl methyl sites for hydroxylation is 1. The van der Waals surface area contributed by atoms with Crippen molar-refractivity contribution in [2.24, 2.45) is 5.41 Å². The van der Waals surface area contributed by atoms with Gasteiger partial charge in [0.05, 0.1) is 11.4 Å². The van der Waals surface area contributed by atoms with Gasteiger partial charge < -0.3 is 16.4 Å². The summed E-state index contributed by atoms with van der Waals surface area (Å²) >= 11 is 0. The molecule has 1 aromatic carbocycles. The number of benzene rings is 1. The Bertz CT molecular complexity index is 551. The second-order valence-electron chi connectivity index (χ2n) is 6.89. The lowest BCUT2D eigenvalue weighted by Crippen LogP contribution is -2.21. The molecule has 0 spiro atoms. The van der Waals surface area contributed by atoms with Crippen molar-refractivity contribution < 1.29 is 4.79 Å². The molecule has 4 nitrogen and oxygen atoms in total. The molecule has 1 fully saturated rings. The Balaban J connectivity index is 1.79. The zero-order valence-corrected chi connectivity index (χ0v) is 12.3. The van der Waals surface area contributed by atoms with Gasteiger partial charge in [-0.15, -0.1) is 0 Å². The fourth-order valence-electron chi connectivity index (χ4n) is 3.35. The van der Waals surface area contributed by atoms with Gasteiger partial charge in [-0.2, -0.15) is 0 Å². The monoisotopic (exact) mass is 273 g/mol. The number of rotatable bonds is 2. The van der Waals surface area contributed by atoms with E-state index in [1.54, 1.807) is 0 Å². The Morgan fingerprint density at radius 3 is 2.85 bits per heavy atom. The summed E-state index contributed by atoms with van der Waals surface area (Å²) in [7, 11) is 0. The van der Waals surface area contributed by atoms with Gasteiger partial charge in [0.25, 0.3) is 0 Å². The molecule has 1 atom stereocenters. The van der Waals surface area contributed by atoms with E-state index in [2.05, 4.69) is 30.5 Å². The van der Waals surface area contributed by atoms with Gasteiger partial charge in [0.2, 0.25) is 5.91 Å². The first kappa shape index (κ1) is 13.3. The van der Waals surface area contributed by atoms with Crippen LogP contribution in [0.2, 0.25) is 0 Å². The van der Waals surface area contributed by atoms with Crippen LogP contribution in [0.15, 0.2) is 12.1 Å². The van der Waals surface area contributed by atoms with E-state index in [4.69, 9.17) is 5.73 Å². The van der Waals surface area contributed by atoms with E-state index in [0.29, 0.717) is 17.9 Å². The number of amides is 1. The minimum Gasteiger partial charge on any atom is -0.397 e. The lowest BCUT2D eigenvalue weighted by Gasteiger charge is -2.23. The van der Waals surface area contributed by atoms with Crippen molar-refractivity contribution >= 4 is 23.0 Å². The summed E-state index contributed by atoms with van der Waals surface area (Å²) in [6.07, 6.45) is 4.99. The van der Waals surface area contributed by atoms with Crippen LogP contribution in [0.3, 0.4) is 0 Å². The fraction of sp³-hybridized carbons (Fsp3) is 0.562. The Kier molecular flexibility index (Phi) is 3.11. The quantitative estimate of drug-likeness (QED) is 0.725. The van der Waals surface area contributed by atoms with Crippen LogP contribution in [-0.4, -0.2) is 11.9 Å². The number of anilines is 3. The molecule has 0 radical (unpaired) electrons. The number of carbonyl (C=O) groups excluding carboxylic acids is 1. The molecule has 0 saturated heterocycles. The standard InChI is InChI=1S/C16H23N3O/c1-16(2)6-5-11(9-16)18-14-7-10-3-4-15(20)19-13(10)8-12(14)17/h7-8,11,18H,3-6,9,17H2,1-2H3,(H,19,20). The van der Waals surface area contributed by atoms with Gasteiger partial charge in [-0.05, 0) is 48.8 Å². The molecule has 1 aliphatic heterocycles. The second-order valence-corrected chi connectivity index (χ2v) is 6.89. The van der Waals surface area contributed by atoms with E-state index < -0.39 is 0 Å². The molecule has 1 saturated carbocycles. The molecule has 1 heterocycles. The van der Waals surface area contributed by atoms with Gasteiger partial charge in [0.15, 0.2) is 0 Å². The highest BCUT2D eigenvalue weighted by Crippen LogP contribution is 2.39. The van der Waals surface area contributed by atoms with E-state index in [0.717, 1.165) is 23.5 Å². The molecule has 1 aliphatic carbocycles. The smallest absolute Gasteiger partial charge is 0.224 e. The molecular weight excluding hydrogens is 250 g/mol. The van der Waals surface area contributed by atoms with E-state index in [1.165, 1.54) is 24.8 Å². The SMILES string of the molecule is CC1(C)CCC(Nc2cc3c(cc2N)NC(=O)CC3)C1. The average molecular weight is 273 g/mol. The third-order valence-electron chi connectivity index (χ3n) is 4.50. The average Bonchev–Trinajstić information content (AvgIpc) is 2.70. The predicted octanol–water partition coefficient (Wildman–Crippen LogP) is 3.14. The number of hydrogen-bond acceptors (Lipinski definition) is 3. The Morgan fingerprint density at radius 1 is 1.35 bits per heavy atom. The zero-order valence-electron chi connectivity index (χ0n) is 12.3. The second kappa shape index (κ2) is 4.69. The summed E-state index contributed by atoms with van der Waals surface area (Å²) in [4.78, 5) is 11.4. The van der Waals surface area contributed by atoms with Crippen molar-refractivity contribution in [3.8, 4) is 0 Å². The minimum absolute atomic E-state index is 0.0788. The first-order chi connectivity index (χ1) is 9.43. The number of nitrogens with one attached hydrogen (secondary N) is 2. The summed E-state index contributed by atoms with van der Waals surface area (Å²) < 4.78 is 0. The molecule has 4 N–H and O–H groups in total. The van der Waals surface area contributed by atoms with Crippen molar-refractivity contribution in [3.63, 3.8) is 0 Å². The minimum atomic E-state index is 0.0788. The van der Waals surface area contributed by atoms with Gasteiger partial charge in [-0.3, -0.25) is 4.79 Å². The molecule has 1 unspecified atom stereocenters. The Morgan fingerprint density at radius 2 is 2.15 bits per heavy atom. The maximum atomic E-state index is 11.4. The third kappa shape index (κ3) is 2.60. The molecule has 108 valence electrons. The molecule has 4 heteroatoms. The Hall–Kier alpha value is -1.71.